The molecule has 0 radical (unpaired) electrons. The average Bonchev–Trinajstić information content (AvgIpc) is 2.66. The van der Waals surface area contributed by atoms with Crippen LogP contribution in [-0.4, -0.2) is 72.0 Å². The quantitative estimate of drug-likeness (QED) is 0.684. The Kier molecular flexibility index (Phi) is 4.88. The Morgan fingerprint density at radius 2 is 2.06 bits per heavy atom. The monoisotopic (exact) mass is 272 g/mol. The smallest absolute Gasteiger partial charge is 0.247 e. The van der Waals surface area contributed by atoms with Gasteiger partial charge in [-0.3, -0.25) is 9.59 Å². The Morgan fingerprint density at radius 1 is 1.22 bits per heavy atom. The van der Waals surface area contributed by atoms with Gasteiger partial charge in [-0.2, -0.15) is 11.8 Å². The van der Waals surface area contributed by atoms with Gasteiger partial charge in [-0.25, -0.2) is 0 Å². The van der Waals surface area contributed by atoms with Crippen molar-refractivity contribution in [2.45, 2.75) is 19.4 Å². The zero-order valence-corrected chi connectivity index (χ0v) is 11.6. The fourth-order valence-corrected chi connectivity index (χ4v) is 3.25. The maximum absolute atomic E-state index is 12.5. The van der Waals surface area contributed by atoms with Crippen LogP contribution in [0.1, 0.15) is 13.3 Å². The molecular weight excluding hydrogens is 252 g/mol. The Bertz CT molecular complexity index is 316. The summed E-state index contributed by atoms with van der Waals surface area (Å²) in [5.41, 5.74) is 0. The Morgan fingerprint density at radius 3 is 2.83 bits per heavy atom. The maximum Gasteiger partial charge on any atom is 0.247 e. The van der Waals surface area contributed by atoms with E-state index in [4.69, 9.17) is 4.74 Å². The van der Waals surface area contributed by atoms with Crippen LogP contribution < -0.4 is 0 Å². The predicted molar refractivity (Wildman–Crippen MR) is 70.5 cm³/mol. The highest BCUT2D eigenvalue weighted by molar-refractivity contribution is 7.99. The van der Waals surface area contributed by atoms with Gasteiger partial charge in [0.2, 0.25) is 11.8 Å². The number of carbonyl (C=O) groups is 2. The van der Waals surface area contributed by atoms with Crippen molar-refractivity contribution in [2.24, 2.45) is 0 Å². The van der Waals surface area contributed by atoms with E-state index in [0.717, 1.165) is 31.0 Å². The molecular formula is C12H20N2O3S. The minimum absolute atomic E-state index is 0.0409. The van der Waals surface area contributed by atoms with E-state index in [-0.39, 0.29) is 11.8 Å². The zero-order valence-electron chi connectivity index (χ0n) is 10.8. The average molecular weight is 272 g/mol. The minimum atomic E-state index is -0.417. The van der Waals surface area contributed by atoms with Crippen molar-refractivity contribution >= 4 is 23.6 Å². The fraction of sp³-hybridized carbons (Fsp3) is 0.833. The van der Waals surface area contributed by atoms with Crippen molar-refractivity contribution < 1.29 is 14.3 Å². The van der Waals surface area contributed by atoms with Crippen LogP contribution in [0.25, 0.3) is 0 Å². The topological polar surface area (TPSA) is 49.9 Å². The summed E-state index contributed by atoms with van der Waals surface area (Å²) in [5, 5.41) is 0. The van der Waals surface area contributed by atoms with Crippen LogP contribution >= 0.6 is 11.8 Å². The molecule has 2 amide bonds. The van der Waals surface area contributed by atoms with Gasteiger partial charge >= 0.3 is 0 Å². The Hall–Kier alpha value is -0.750. The summed E-state index contributed by atoms with van der Waals surface area (Å²) >= 11 is 1.88. The molecule has 0 bridgehead atoms. The molecule has 0 aromatic heterocycles. The largest absolute Gasteiger partial charge is 0.377 e. The summed E-state index contributed by atoms with van der Waals surface area (Å²) in [6, 6.07) is -0.417. The van der Waals surface area contributed by atoms with Crippen LogP contribution in [0.4, 0.5) is 0 Å². The number of carbonyl (C=O) groups excluding carboxylic acids is 2. The van der Waals surface area contributed by atoms with E-state index in [2.05, 4.69) is 0 Å². The molecule has 1 atom stereocenters. The molecule has 0 N–H and O–H groups in total. The lowest BCUT2D eigenvalue weighted by Crippen LogP contribution is -2.56. The highest BCUT2D eigenvalue weighted by Gasteiger charge is 2.34. The molecule has 0 aromatic rings. The van der Waals surface area contributed by atoms with Crippen LogP contribution in [0.2, 0.25) is 0 Å². The van der Waals surface area contributed by atoms with Gasteiger partial charge in [-0.15, -0.1) is 0 Å². The maximum atomic E-state index is 12.5. The molecule has 1 unspecified atom stereocenters. The number of ether oxygens (including phenoxy) is 1. The number of nitrogens with zero attached hydrogens (tertiary/aromatic N) is 2. The van der Waals surface area contributed by atoms with Crippen LogP contribution in [0.5, 0.6) is 0 Å². The predicted octanol–water partition coefficient (Wildman–Crippen LogP) is 0.199. The van der Waals surface area contributed by atoms with Crippen molar-refractivity contribution in [3.63, 3.8) is 0 Å². The second-order valence-corrected chi connectivity index (χ2v) is 5.82. The first-order chi connectivity index (χ1) is 8.70. The fourth-order valence-electron chi connectivity index (χ4n) is 2.36. The third-order valence-corrected chi connectivity index (χ3v) is 4.40. The Labute approximate surface area is 112 Å². The van der Waals surface area contributed by atoms with E-state index in [9.17, 15) is 9.59 Å². The lowest BCUT2D eigenvalue weighted by molar-refractivity contribution is -0.152. The van der Waals surface area contributed by atoms with Gasteiger partial charge in [-0.05, 0) is 12.2 Å². The first kappa shape index (κ1) is 13.7. The van der Waals surface area contributed by atoms with Crippen LogP contribution in [0.3, 0.4) is 0 Å². The van der Waals surface area contributed by atoms with E-state index in [1.54, 1.807) is 4.90 Å². The highest BCUT2D eigenvalue weighted by Crippen LogP contribution is 2.15. The van der Waals surface area contributed by atoms with Crippen LogP contribution in [0.15, 0.2) is 0 Å². The van der Waals surface area contributed by atoms with Gasteiger partial charge in [-0.1, -0.05) is 0 Å². The van der Waals surface area contributed by atoms with E-state index in [1.807, 2.05) is 16.7 Å². The first-order valence-corrected chi connectivity index (χ1v) is 7.57. The molecule has 102 valence electrons. The number of amides is 2. The lowest BCUT2D eigenvalue weighted by atomic mass is 10.2. The summed E-state index contributed by atoms with van der Waals surface area (Å²) in [5.74, 6) is 2.11. The van der Waals surface area contributed by atoms with Gasteiger partial charge < -0.3 is 14.5 Å². The molecule has 2 saturated heterocycles. The van der Waals surface area contributed by atoms with Gasteiger partial charge in [0.15, 0.2) is 0 Å². The molecule has 2 heterocycles. The molecule has 0 spiro atoms. The van der Waals surface area contributed by atoms with Gasteiger partial charge in [0.1, 0.15) is 6.04 Å². The normalized spacial score (nSPS) is 25.7. The molecule has 0 aromatic carbocycles. The van der Waals surface area contributed by atoms with Crippen LogP contribution in [-0.2, 0) is 14.3 Å². The van der Waals surface area contributed by atoms with Gasteiger partial charge in [0.05, 0.1) is 13.2 Å². The third kappa shape index (κ3) is 3.17. The number of hydrogen-bond acceptors (Lipinski definition) is 4. The molecule has 5 nitrogen and oxygen atoms in total. The van der Waals surface area contributed by atoms with Crippen molar-refractivity contribution in [3.05, 3.63) is 0 Å². The zero-order chi connectivity index (χ0) is 13.0. The van der Waals surface area contributed by atoms with E-state index in [0.29, 0.717) is 19.8 Å². The molecule has 0 saturated carbocycles. The second kappa shape index (κ2) is 6.43. The molecule has 2 rings (SSSR count). The summed E-state index contributed by atoms with van der Waals surface area (Å²) in [7, 11) is 0. The summed E-state index contributed by atoms with van der Waals surface area (Å²) < 4.78 is 5.36. The second-order valence-electron chi connectivity index (χ2n) is 4.59. The minimum Gasteiger partial charge on any atom is -0.377 e. The molecule has 2 aliphatic rings. The molecule has 18 heavy (non-hydrogen) atoms. The third-order valence-electron chi connectivity index (χ3n) is 3.35. The van der Waals surface area contributed by atoms with E-state index < -0.39 is 6.04 Å². The van der Waals surface area contributed by atoms with Gasteiger partial charge in [0.25, 0.3) is 0 Å². The number of rotatable bonds is 1. The molecule has 6 heteroatoms. The van der Waals surface area contributed by atoms with E-state index >= 15 is 0 Å². The summed E-state index contributed by atoms with van der Waals surface area (Å²) in [6.07, 6.45) is 1.03. The van der Waals surface area contributed by atoms with Crippen molar-refractivity contribution in [2.75, 3.05) is 44.4 Å². The first-order valence-electron chi connectivity index (χ1n) is 6.41. The number of hydrogen-bond donors (Lipinski definition) is 0. The van der Waals surface area contributed by atoms with Crippen LogP contribution in [0, 0.1) is 0 Å². The molecule has 2 aliphatic heterocycles. The van der Waals surface area contributed by atoms with Crippen molar-refractivity contribution in [1.29, 1.82) is 0 Å². The molecule has 2 fully saturated rings. The standard InChI is InChI=1S/C12H20N2O3S/c1-10(15)14-4-6-17-9-11(14)12(16)13-3-2-7-18-8-5-13/h11H,2-9H2,1H3. The SMILES string of the molecule is CC(=O)N1CCOCC1C(=O)N1CCCSCC1. The summed E-state index contributed by atoms with van der Waals surface area (Å²) in [6.45, 7) is 4.49. The van der Waals surface area contributed by atoms with E-state index in [1.165, 1.54) is 6.92 Å². The van der Waals surface area contributed by atoms with Crippen molar-refractivity contribution in [1.82, 2.24) is 9.80 Å². The number of thioether (sulfide) groups is 1. The number of morpholine rings is 1. The van der Waals surface area contributed by atoms with Gasteiger partial charge in [0, 0.05) is 32.3 Å². The molecule has 0 aliphatic carbocycles. The summed E-state index contributed by atoms with van der Waals surface area (Å²) in [4.78, 5) is 27.6. The van der Waals surface area contributed by atoms with Crippen molar-refractivity contribution in [3.8, 4) is 0 Å². The Balaban J connectivity index is 2.02. The highest BCUT2D eigenvalue weighted by atomic mass is 32.2. The lowest BCUT2D eigenvalue weighted by Gasteiger charge is -2.36.